The fourth-order valence-corrected chi connectivity index (χ4v) is 8.90. The van der Waals surface area contributed by atoms with E-state index in [-0.39, 0.29) is 29.3 Å². The van der Waals surface area contributed by atoms with Gasteiger partial charge in [0.05, 0.1) is 6.10 Å². The molecule has 0 bridgehead atoms. The number of ether oxygens (including phenoxy) is 3. The summed E-state index contributed by atoms with van der Waals surface area (Å²) in [6.45, 7) is 6.94. The van der Waals surface area contributed by atoms with Gasteiger partial charge in [-0.15, -0.1) is 9.42 Å². The van der Waals surface area contributed by atoms with Crippen LogP contribution in [0.2, 0.25) is 0 Å². The van der Waals surface area contributed by atoms with Crippen LogP contribution < -0.4 is 0 Å². The summed E-state index contributed by atoms with van der Waals surface area (Å²) in [6, 6.07) is 0. The van der Waals surface area contributed by atoms with Crippen molar-refractivity contribution in [3.05, 3.63) is 23.8 Å². The number of hydrogen-bond acceptors (Lipinski definition) is 8. The number of carbonyl (C=O) groups is 3. The van der Waals surface area contributed by atoms with E-state index in [0.717, 1.165) is 24.8 Å². The molecule has 10 heteroatoms. The fraction of sp³-hybridized carbons (Fsp3) is 0.741. The second kappa shape index (κ2) is 9.45. The van der Waals surface area contributed by atoms with Crippen molar-refractivity contribution < 1.29 is 42.6 Å². The van der Waals surface area contributed by atoms with Gasteiger partial charge >= 0.3 is 14.2 Å². The highest BCUT2D eigenvalue weighted by Crippen LogP contribution is 2.70. The predicted octanol–water partition coefficient (Wildman–Crippen LogP) is 3.96. The van der Waals surface area contributed by atoms with Crippen LogP contribution in [0.3, 0.4) is 0 Å². The lowest BCUT2D eigenvalue weighted by Gasteiger charge is -2.59. The Morgan fingerprint density at radius 3 is 2.73 bits per heavy atom. The molecule has 0 amide bonds. The van der Waals surface area contributed by atoms with E-state index in [4.69, 9.17) is 18.7 Å². The third-order valence-electron chi connectivity index (χ3n) is 9.84. The molecule has 1 N–H and O–H groups in total. The fourth-order valence-electron chi connectivity index (χ4n) is 8.46. The minimum absolute atomic E-state index is 0.00665. The van der Waals surface area contributed by atoms with E-state index in [2.05, 4.69) is 6.92 Å². The number of esters is 1. The van der Waals surface area contributed by atoms with Gasteiger partial charge in [-0.3, -0.25) is 14.4 Å². The van der Waals surface area contributed by atoms with Gasteiger partial charge in [-0.2, -0.15) is 0 Å². The molecule has 4 aliphatic carbocycles. The zero-order valence-electron chi connectivity index (χ0n) is 21.8. The molecule has 0 aromatic heterocycles. The highest BCUT2D eigenvalue weighted by molar-refractivity contribution is 7.32. The van der Waals surface area contributed by atoms with Crippen molar-refractivity contribution in [3.8, 4) is 0 Å². The molecule has 5 aliphatic rings. The van der Waals surface area contributed by atoms with Gasteiger partial charge in [0.25, 0.3) is 0 Å². The van der Waals surface area contributed by atoms with Gasteiger partial charge < -0.3 is 14.2 Å². The number of carbonyl (C=O) groups excluding carboxylic acids is 3. The van der Waals surface area contributed by atoms with Gasteiger partial charge in [0.2, 0.25) is 5.78 Å². The molecule has 0 aromatic rings. The van der Waals surface area contributed by atoms with Crippen molar-refractivity contribution in [2.24, 2.45) is 28.6 Å². The molecule has 1 aliphatic heterocycles. The molecule has 1 saturated heterocycles. The van der Waals surface area contributed by atoms with E-state index < -0.39 is 55.8 Å². The smallest absolute Gasteiger partial charge is 0.458 e. The van der Waals surface area contributed by atoms with Gasteiger partial charge in [0, 0.05) is 28.2 Å². The van der Waals surface area contributed by atoms with Crippen LogP contribution in [0.25, 0.3) is 0 Å². The van der Waals surface area contributed by atoms with Crippen LogP contribution in [0.1, 0.15) is 66.2 Å². The number of Topliss-reactive ketones (excluding diaryl/α,β-unsaturated/α-hetero) is 1. The van der Waals surface area contributed by atoms with Crippen LogP contribution in [0.4, 0.5) is 0 Å². The molecule has 0 spiro atoms. The number of ketones is 2. The van der Waals surface area contributed by atoms with E-state index in [0.29, 0.717) is 19.3 Å². The minimum atomic E-state index is -2.91. The second-order valence-corrected chi connectivity index (χ2v) is 12.3. The summed E-state index contributed by atoms with van der Waals surface area (Å²) in [5.74, 6) is -1.05. The summed E-state index contributed by atoms with van der Waals surface area (Å²) in [5, 5.41) is 0. The molecule has 4 fully saturated rings. The summed E-state index contributed by atoms with van der Waals surface area (Å²) in [6.07, 6.45) is 7.28. The van der Waals surface area contributed by atoms with Crippen LogP contribution in [0.15, 0.2) is 23.8 Å². The molecule has 0 aromatic carbocycles. The Balaban J connectivity index is 1.59. The lowest BCUT2D eigenvalue weighted by Crippen LogP contribution is -2.63. The summed E-state index contributed by atoms with van der Waals surface area (Å²) in [5.41, 5.74) is -1.62. The third kappa shape index (κ3) is 4.00. The number of hydrogen-bond donors (Lipinski definition) is 1. The maximum absolute atomic E-state index is 13.9. The maximum atomic E-state index is 13.9. The Morgan fingerprint density at radius 2 is 2.05 bits per heavy atom. The van der Waals surface area contributed by atoms with Crippen molar-refractivity contribution in [1.29, 1.82) is 0 Å². The van der Waals surface area contributed by atoms with E-state index in [1.165, 1.54) is 6.92 Å². The molecule has 1 heterocycles. The Hall–Kier alpha value is -1.77. The van der Waals surface area contributed by atoms with E-state index in [1.807, 2.05) is 19.9 Å². The van der Waals surface area contributed by atoms with Crippen LogP contribution in [-0.2, 0) is 37.7 Å². The zero-order chi connectivity index (χ0) is 26.8. The van der Waals surface area contributed by atoms with Crippen molar-refractivity contribution in [2.75, 3.05) is 6.61 Å². The highest BCUT2D eigenvalue weighted by atomic mass is 31.1. The molecule has 37 heavy (non-hydrogen) atoms. The van der Waals surface area contributed by atoms with Gasteiger partial charge in [-0.1, -0.05) is 38.8 Å². The molecule has 5 rings (SSSR count). The van der Waals surface area contributed by atoms with Gasteiger partial charge in [0.15, 0.2) is 24.3 Å². The SMILES string of the molecule is CCCC1O[C@@H]2C[C@H]3[C@@H]4CCC5=CC(=O)C=C[C@]5(C)[C@H]4[C@@H](O[P+](=O)O)C[C@]3(C)[C@]2(C(=O)COC(C)=O)O1. The quantitative estimate of drug-likeness (QED) is 0.381. The second-order valence-electron chi connectivity index (χ2n) is 11.7. The number of fused-ring (bicyclic) bond motifs is 7. The Labute approximate surface area is 217 Å². The maximum Gasteiger partial charge on any atom is 0.695 e. The van der Waals surface area contributed by atoms with Crippen LogP contribution in [0, 0.1) is 28.6 Å². The Kier molecular flexibility index (Phi) is 6.85. The van der Waals surface area contributed by atoms with Crippen molar-refractivity contribution >= 4 is 25.8 Å². The molecule has 202 valence electrons. The molecule has 9 nitrogen and oxygen atoms in total. The standard InChI is InChI=1S/C27H35O9P/c1-5-6-23-34-22-12-19-18-8-7-16-11-17(29)9-10-25(16,3)24(18)20(36-37(31)32)13-26(19,4)27(22,35-23)21(30)14-33-15(2)28/h9-11,18-20,22-24H,5-8,12-14H2,1-4H3/p+1/t18-,19-,20-,22+,23?,24+,25-,26-,27+/m0/s1. The summed E-state index contributed by atoms with van der Waals surface area (Å²) in [7, 11) is -2.91. The van der Waals surface area contributed by atoms with Gasteiger partial charge in [-0.05, 0) is 56.1 Å². The minimum Gasteiger partial charge on any atom is -0.458 e. The number of allylic oxidation sites excluding steroid dienone is 4. The first kappa shape index (κ1) is 26.8. The van der Waals surface area contributed by atoms with Crippen molar-refractivity contribution in [3.63, 3.8) is 0 Å². The Morgan fingerprint density at radius 1 is 1.30 bits per heavy atom. The molecule has 10 atom stereocenters. The largest absolute Gasteiger partial charge is 0.695 e. The monoisotopic (exact) mass is 535 g/mol. The third-order valence-corrected chi connectivity index (χ3v) is 10.3. The predicted molar refractivity (Wildman–Crippen MR) is 131 cm³/mol. The summed E-state index contributed by atoms with van der Waals surface area (Å²) < 4.78 is 35.8. The molecule has 2 unspecified atom stereocenters. The molecular formula is C27H36O9P+. The first-order chi connectivity index (χ1) is 17.5. The number of rotatable bonds is 7. The molecular weight excluding hydrogens is 499 g/mol. The summed E-state index contributed by atoms with van der Waals surface area (Å²) in [4.78, 5) is 47.5. The van der Waals surface area contributed by atoms with E-state index in [1.54, 1.807) is 12.2 Å². The van der Waals surface area contributed by atoms with E-state index in [9.17, 15) is 23.8 Å². The average molecular weight is 536 g/mol. The molecule has 0 radical (unpaired) electrons. The Bertz CT molecular complexity index is 1080. The average Bonchev–Trinajstić information content (AvgIpc) is 3.29. The normalized spacial score (nSPS) is 44.3. The topological polar surface area (TPSA) is 125 Å². The highest BCUT2D eigenvalue weighted by Gasteiger charge is 2.76. The van der Waals surface area contributed by atoms with Gasteiger partial charge in [0.1, 0.15) is 6.10 Å². The van der Waals surface area contributed by atoms with E-state index >= 15 is 0 Å². The van der Waals surface area contributed by atoms with Crippen LogP contribution in [0.5, 0.6) is 0 Å². The van der Waals surface area contributed by atoms with Crippen LogP contribution in [-0.4, -0.2) is 53.1 Å². The lowest BCUT2D eigenvalue weighted by molar-refractivity contribution is -0.199. The summed E-state index contributed by atoms with van der Waals surface area (Å²) >= 11 is 0. The van der Waals surface area contributed by atoms with Crippen molar-refractivity contribution in [1.82, 2.24) is 0 Å². The van der Waals surface area contributed by atoms with Gasteiger partial charge in [-0.25, -0.2) is 0 Å². The first-order valence-electron chi connectivity index (χ1n) is 13.2. The first-order valence-corrected chi connectivity index (χ1v) is 14.4. The zero-order valence-corrected chi connectivity index (χ0v) is 22.7. The van der Waals surface area contributed by atoms with Crippen LogP contribution >= 0.6 is 8.25 Å². The lowest BCUT2D eigenvalue weighted by atomic mass is 9.46. The molecule has 3 saturated carbocycles. The van der Waals surface area contributed by atoms with Crippen molar-refractivity contribution in [2.45, 2.75) is 90.3 Å².